The maximum absolute atomic E-state index is 12.1. The lowest BCUT2D eigenvalue weighted by Crippen LogP contribution is -2.40. The average Bonchev–Trinajstić information content (AvgIpc) is 2.52. The van der Waals surface area contributed by atoms with E-state index in [2.05, 4.69) is 33.9 Å². The van der Waals surface area contributed by atoms with E-state index in [9.17, 15) is 13.5 Å². The van der Waals surface area contributed by atoms with Crippen LogP contribution in [0.25, 0.3) is 0 Å². The number of rotatable bonds is 9. The average molecular weight is 385 g/mol. The standard InChI is InChI=1S/C19H32O4SSi/c1-19(2,3)25(4,5)23-15-10-9-11-17(20)14-16-24(21,22)18-12-7-6-8-13-18/h6-8,12-14,16-17,20H,9-11,15H2,1-5H3/b16-14+. The lowest BCUT2D eigenvalue weighted by Gasteiger charge is -2.36. The topological polar surface area (TPSA) is 63.6 Å². The molecule has 0 aromatic heterocycles. The van der Waals surface area contributed by atoms with Crippen LogP contribution < -0.4 is 0 Å². The summed E-state index contributed by atoms with van der Waals surface area (Å²) in [5, 5.41) is 11.3. The predicted octanol–water partition coefficient (Wildman–Crippen LogP) is 4.53. The number of unbranched alkanes of at least 4 members (excludes halogenated alkanes) is 1. The lowest BCUT2D eigenvalue weighted by atomic mass is 10.1. The summed E-state index contributed by atoms with van der Waals surface area (Å²) in [6.45, 7) is 11.8. The van der Waals surface area contributed by atoms with Crippen molar-refractivity contribution < 1.29 is 18.0 Å². The number of hydrogen-bond acceptors (Lipinski definition) is 4. The summed E-state index contributed by atoms with van der Waals surface area (Å²) in [5.74, 6) is 0. The number of aliphatic hydroxyl groups is 1. The van der Waals surface area contributed by atoms with Gasteiger partial charge < -0.3 is 9.53 Å². The maximum Gasteiger partial charge on any atom is 0.199 e. The fourth-order valence-corrected chi connectivity index (χ4v) is 4.15. The Morgan fingerprint density at radius 2 is 1.76 bits per heavy atom. The second-order valence-electron chi connectivity index (χ2n) is 7.86. The summed E-state index contributed by atoms with van der Waals surface area (Å²) in [5.41, 5.74) is 0. The molecule has 0 spiro atoms. The van der Waals surface area contributed by atoms with Crippen molar-refractivity contribution in [3.8, 4) is 0 Å². The fraction of sp³-hybridized carbons (Fsp3) is 0.579. The van der Waals surface area contributed by atoms with Gasteiger partial charge in [0.25, 0.3) is 0 Å². The number of benzene rings is 1. The van der Waals surface area contributed by atoms with E-state index in [1.54, 1.807) is 30.3 Å². The molecule has 0 amide bonds. The number of hydrogen-bond donors (Lipinski definition) is 1. The van der Waals surface area contributed by atoms with Gasteiger partial charge in [0.2, 0.25) is 0 Å². The zero-order chi connectivity index (χ0) is 19.1. The van der Waals surface area contributed by atoms with Crippen LogP contribution in [0.15, 0.2) is 46.7 Å². The summed E-state index contributed by atoms with van der Waals surface area (Å²) in [6.07, 6.45) is 2.79. The highest BCUT2D eigenvalue weighted by Crippen LogP contribution is 2.36. The van der Waals surface area contributed by atoms with E-state index >= 15 is 0 Å². The van der Waals surface area contributed by atoms with Crippen molar-refractivity contribution in [2.75, 3.05) is 6.61 Å². The van der Waals surface area contributed by atoms with E-state index in [-0.39, 0.29) is 9.93 Å². The molecule has 1 rings (SSSR count). The molecular formula is C19H32O4SSi. The summed E-state index contributed by atoms with van der Waals surface area (Å²) in [4.78, 5) is 0.237. The van der Waals surface area contributed by atoms with Crippen molar-refractivity contribution in [3.63, 3.8) is 0 Å². The van der Waals surface area contributed by atoms with Gasteiger partial charge in [-0.2, -0.15) is 0 Å². The van der Waals surface area contributed by atoms with Gasteiger partial charge in [0.1, 0.15) is 0 Å². The highest BCUT2D eigenvalue weighted by atomic mass is 32.2. The molecule has 0 saturated carbocycles. The molecule has 142 valence electrons. The Bertz CT molecular complexity index is 646. The highest BCUT2D eigenvalue weighted by molar-refractivity contribution is 7.94. The maximum atomic E-state index is 12.1. The van der Waals surface area contributed by atoms with Crippen molar-refractivity contribution in [2.45, 2.75) is 69.2 Å². The first kappa shape index (κ1) is 22.1. The minimum Gasteiger partial charge on any atom is -0.417 e. The predicted molar refractivity (Wildman–Crippen MR) is 106 cm³/mol. The van der Waals surface area contributed by atoms with E-state index < -0.39 is 24.3 Å². The second kappa shape index (κ2) is 9.12. The molecule has 0 aliphatic carbocycles. The Morgan fingerprint density at radius 1 is 1.16 bits per heavy atom. The molecule has 6 heteroatoms. The van der Waals surface area contributed by atoms with E-state index in [4.69, 9.17) is 4.43 Å². The molecule has 0 aliphatic rings. The Morgan fingerprint density at radius 3 is 2.32 bits per heavy atom. The Hall–Kier alpha value is -0.953. The van der Waals surface area contributed by atoms with E-state index in [1.807, 2.05) is 0 Å². The van der Waals surface area contributed by atoms with Gasteiger partial charge in [0.15, 0.2) is 18.2 Å². The SMILES string of the molecule is CC(C)(C)[Si](C)(C)OCCCCC(O)/C=C/S(=O)(=O)c1ccccc1. The molecule has 1 N–H and O–H groups in total. The molecule has 25 heavy (non-hydrogen) atoms. The Kier molecular flexibility index (Phi) is 8.06. The molecule has 1 aromatic rings. The van der Waals surface area contributed by atoms with Gasteiger partial charge in [0.05, 0.1) is 11.0 Å². The minimum absolute atomic E-state index is 0.195. The fourth-order valence-electron chi connectivity index (χ4n) is 1.98. The third-order valence-electron chi connectivity index (χ3n) is 4.71. The van der Waals surface area contributed by atoms with Crippen molar-refractivity contribution in [2.24, 2.45) is 0 Å². The van der Waals surface area contributed by atoms with Gasteiger partial charge in [-0.15, -0.1) is 0 Å². The van der Waals surface area contributed by atoms with Crippen LogP contribution in [0.1, 0.15) is 40.0 Å². The smallest absolute Gasteiger partial charge is 0.199 e. The zero-order valence-electron chi connectivity index (χ0n) is 16.0. The molecule has 0 aliphatic heterocycles. The van der Waals surface area contributed by atoms with Crippen LogP contribution in [0.4, 0.5) is 0 Å². The van der Waals surface area contributed by atoms with Gasteiger partial charge in [-0.25, -0.2) is 8.42 Å². The van der Waals surface area contributed by atoms with Crippen LogP contribution >= 0.6 is 0 Å². The summed E-state index contributed by atoms with van der Waals surface area (Å²) in [7, 11) is -5.20. The summed E-state index contributed by atoms with van der Waals surface area (Å²) < 4.78 is 30.3. The van der Waals surface area contributed by atoms with Crippen molar-refractivity contribution in [3.05, 3.63) is 41.8 Å². The molecule has 1 aromatic carbocycles. The van der Waals surface area contributed by atoms with Crippen molar-refractivity contribution >= 4 is 18.2 Å². The number of aliphatic hydroxyl groups excluding tert-OH is 1. The molecule has 0 radical (unpaired) electrons. The zero-order valence-corrected chi connectivity index (χ0v) is 17.8. The molecule has 1 atom stereocenters. The van der Waals surface area contributed by atoms with E-state index in [1.165, 1.54) is 6.08 Å². The minimum atomic E-state index is -3.49. The highest BCUT2D eigenvalue weighted by Gasteiger charge is 2.36. The van der Waals surface area contributed by atoms with Crippen LogP contribution in [0.3, 0.4) is 0 Å². The Balaban J connectivity index is 2.37. The largest absolute Gasteiger partial charge is 0.417 e. The van der Waals surface area contributed by atoms with Gasteiger partial charge in [-0.1, -0.05) is 39.0 Å². The molecule has 0 bridgehead atoms. The van der Waals surface area contributed by atoms with Crippen LogP contribution in [0.2, 0.25) is 18.1 Å². The Labute approximate surface area is 154 Å². The van der Waals surface area contributed by atoms with E-state index in [0.717, 1.165) is 18.2 Å². The quantitative estimate of drug-likeness (QED) is 0.502. The second-order valence-corrected chi connectivity index (χ2v) is 14.5. The summed E-state index contributed by atoms with van der Waals surface area (Å²) >= 11 is 0. The van der Waals surface area contributed by atoms with Gasteiger partial charge in [-0.3, -0.25) is 0 Å². The van der Waals surface area contributed by atoms with E-state index in [0.29, 0.717) is 13.0 Å². The van der Waals surface area contributed by atoms with Crippen molar-refractivity contribution in [1.82, 2.24) is 0 Å². The summed E-state index contributed by atoms with van der Waals surface area (Å²) in [6, 6.07) is 8.22. The third-order valence-corrected chi connectivity index (χ3v) is 10.7. The molecule has 4 nitrogen and oxygen atoms in total. The first-order valence-corrected chi connectivity index (χ1v) is 13.2. The first-order chi connectivity index (χ1) is 11.5. The van der Waals surface area contributed by atoms with Crippen molar-refractivity contribution in [1.29, 1.82) is 0 Å². The number of sulfone groups is 1. The van der Waals surface area contributed by atoms with Crippen LogP contribution in [0, 0.1) is 0 Å². The van der Waals surface area contributed by atoms with Gasteiger partial charge >= 0.3 is 0 Å². The van der Waals surface area contributed by atoms with Gasteiger partial charge in [-0.05, 0) is 55.6 Å². The van der Waals surface area contributed by atoms with Crippen LogP contribution in [-0.4, -0.2) is 34.6 Å². The normalized spacial score (nSPS) is 14.8. The first-order valence-electron chi connectivity index (χ1n) is 8.76. The molecule has 0 fully saturated rings. The van der Waals surface area contributed by atoms with Gasteiger partial charge in [0, 0.05) is 12.0 Å². The molecule has 1 unspecified atom stereocenters. The molecular weight excluding hydrogens is 352 g/mol. The monoisotopic (exact) mass is 384 g/mol. The van der Waals surface area contributed by atoms with Crippen LogP contribution in [-0.2, 0) is 14.3 Å². The lowest BCUT2D eigenvalue weighted by molar-refractivity contribution is 0.201. The molecule has 0 saturated heterocycles. The third kappa shape index (κ3) is 7.44. The van der Waals surface area contributed by atoms with Crippen LogP contribution in [0.5, 0.6) is 0 Å². The molecule has 0 heterocycles.